The third-order valence-electron chi connectivity index (χ3n) is 3.97. The first-order valence-corrected chi connectivity index (χ1v) is 7.65. The maximum Gasteiger partial charge on any atom is 0.247 e. The van der Waals surface area contributed by atoms with Crippen LogP contribution in [0.5, 0.6) is 0 Å². The second-order valence-electron chi connectivity index (χ2n) is 5.59. The maximum absolute atomic E-state index is 5.68. The van der Waals surface area contributed by atoms with E-state index >= 15 is 0 Å². The predicted molar refractivity (Wildman–Crippen MR) is 81.7 cm³/mol. The van der Waals surface area contributed by atoms with Crippen LogP contribution in [-0.4, -0.2) is 40.8 Å². The number of benzene rings is 1. The van der Waals surface area contributed by atoms with Gasteiger partial charge in [0, 0.05) is 18.2 Å². The predicted octanol–water partition coefficient (Wildman–Crippen LogP) is 2.31. The summed E-state index contributed by atoms with van der Waals surface area (Å²) in [6, 6.07) is 10.4. The number of hydrogen-bond acceptors (Lipinski definition) is 5. The molecule has 1 aromatic carbocycles. The molecule has 0 aliphatic carbocycles. The molecule has 1 N–H and O–H groups in total. The van der Waals surface area contributed by atoms with E-state index in [2.05, 4.69) is 27.3 Å². The number of likely N-dealkylation sites (tertiary alicyclic amines) is 1. The molecule has 1 unspecified atom stereocenters. The minimum atomic E-state index is 0.559. The fourth-order valence-corrected chi connectivity index (χ4v) is 2.72. The lowest BCUT2D eigenvalue weighted by Crippen LogP contribution is -2.38. The Balaban J connectivity index is 1.49. The van der Waals surface area contributed by atoms with E-state index in [0.717, 1.165) is 12.1 Å². The zero-order valence-corrected chi connectivity index (χ0v) is 12.5. The average Bonchev–Trinajstić information content (AvgIpc) is 3.20. The molecule has 5 nitrogen and oxygen atoms in total. The van der Waals surface area contributed by atoms with Gasteiger partial charge in [-0.05, 0) is 45.0 Å². The third kappa shape index (κ3) is 3.68. The van der Waals surface area contributed by atoms with Crippen molar-refractivity contribution in [2.45, 2.75) is 32.4 Å². The van der Waals surface area contributed by atoms with Gasteiger partial charge in [-0.25, -0.2) is 0 Å². The smallest absolute Gasteiger partial charge is 0.247 e. The van der Waals surface area contributed by atoms with Crippen molar-refractivity contribution >= 4 is 0 Å². The molecule has 1 aliphatic rings. The lowest BCUT2D eigenvalue weighted by atomic mass is 10.2. The Bertz CT molecular complexity index is 548. The van der Waals surface area contributed by atoms with Crippen LogP contribution in [0.15, 0.2) is 34.7 Å². The Morgan fingerprint density at radius 1 is 1.19 bits per heavy atom. The molecule has 1 saturated heterocycles. The number of nitrogens with zero attached hydrogens (tertiary/aromatic N) is 3. The highest BCUT2D eigenvalue weighted by Gasteiger charge is 2.17. The van der Waals surface area contributed by atoms with Crippen LogP contribution < -0.4 is 5.32 Å². The molecule has 0 bridgehead atoms. The molecule has 0 radical (unpaired) electrons. The highest BCUT2D eigenvalue weighted by atomic mass is 16.4. The molecule has 0 amide bonds. The third-order valence-corrected chi connectivity index (χ3v) is 3.97. The fourth-order valence-electron chi connectivity index (χ4n) is 2.72. The molecule has 0 spiro atoms. The first kappa shape index (κ1) is 14.2. The van der Waals surface area contributed by atoms with Crippen LogP contribution in [0.2, 0.25) is 0 Å². The van der Waals surface area contributed by atoms with Crippen molar-refractivity contribution < 1.29 is 4.42 Å². The van der Waals surface area contributed by atoms with Gasteiger partial charge in [0.15, 0.2) is 0 Å². The molecule has 1 fully saturated rings. The highest BCUT2D eigenvalue weighted by molar-refractivity contribution is 5.51. The van der Waals surface area contributed by atoms with Crippen LogP contribution in [0.25, 0.3) is 11.5 Å². The van der Waals surface area contributed by atoms with E-state index < -0.39 is 0 Å². The SMILES string of the molecule is CC(CNCc1nnc(-c2ccccc2)o1)N1CCCC1. The normalized spacial score (nSPS) is 17.2. The number of hydrogen-bond donors (Lipinski definition) is 1. The Labute approximate surface area is 125 Å². The minimum absolute atomic E-state index is 0.559. The summed E-state index contributed by atoms with van der Waals surface area (Å²) in [5.41, 5.74) is 0.960. The van der Waals surface area contributed by atoms with E-state index in [9.17, 15) is 0 Å². The Morgan fingerprint density at radius 2 is 1.95 bits per heavy atom. The van der Waals surface area contributed by atoms with Crippen LogP contribution in [0.3, 0.4) is 0 Å². The summed E-state index contributed by atoms with van der Waals surface area (Å²) < 4.78 is 5.68. The monoisotopic (exact) mass is 286 g/mol. The Hall–Kier alpha value is -1.72. The van der Waals surface area contributed by atoms with Gasteiger partial charge < -0.3 is 9.73 Å². The van der Waals surface area contributed by atoms with Gasteiger partial charge in [0.25, 0.3) is 0 Å². The van der Waals surface area contributed by atoms with Crippen molar-refractivity contribution in [1.29, 1.82) is 0 Å². The summed E-state index contributed by atoms with van der Waals surface area (Å²) >= 11 is 0. The molecule has 1 aromatic heterocycles. The van der Waals surface area contributed by atoms with Crippen LogP contribution in [0.1, 0.15) is 25.7 Å². The Kier molecular flexibility index (Phi) is 4.62. The lowest BCUT2D eigenvalue weighted by molar-refractivity contribution is 0.250. The summed E-state index contributed by atoms with van der Waals surface area (Å²) in [5.74, 6) is 1.22. The van der Waals surface area contributed by atoms with E-state index in [1.807, 2.05) is 30.3 Å². The average molecular weight is 286 g/mol. The number of aromatic nitrogens is 2. The van der Waals surface area contributed by atoms with E-state index in [1.165, 1.54) is 25.9 Å². The van der Waals surface area contributed by atoms with Gasteiger partial charge in [0.1, 0.15) is 0 Å². The van der Waals surface area contributed by atoms with Gasteiger partial charge in [-0.15, -0.1) is 10.2 Å². The molecule has 1 atom stereocenters. The summed E-state index contributed by atoms with van der Waals surface area (Å²) in [5, 5.41) is 11.6. The molecule has 5 heteroatoms. The maximum atomic E-state index is 5.68. The van der Waals surface area contributed by atoms with Gasteiger partial charge in [-0.2, -0.15) is 0 Å². The van der Waals surface area contributed by atoms with Gasteiger partial charge >= 0.3 is 0 Å². The van der Waals surface area contributed by atoms with E-state index in [0.29, 0.717) is 24.4 Å². The van der Waals surface area contributed by atoms with E-state index in [-0.39, 0.29) is 0 Å². The van der Waals surface area contributed by atoms with Crippen molar-refractivity contribution in [2.75, 3.05) is 19.6 Å². The van der Waals surface area contributed by atoms with Crippen LogP contribution in [-0.2, 0) is 6.54 Å². The standard InChI is InChI=1S/C16H22N4O/c1-13(20-9-5-6-10-20)11-17-12-15-18-19-16(21-15)14-7-3-2-4-8-14/h2-4,7-8,13,17H,5-6,9-12H2,1H3. The second-order valence-corrected chi connectivity index (χ2v) is 5.59. The second kappa shape index (κ2) is 6.83. The molecular formula is C16H22N4O. The largest absolute Gasteiger partial charge is 0.419 e. The summed E-state index contributed by atoms with van der Waals surface area (Å²) in [4.78, 5) is 2.52. The first-order valence-electron chi connectivity index (χ1n) is 7.65. The summed E-state index contributed by atoms with van der Waals surface area (Å²) in [6.07, 6.45) is 2.66. The fraction of sp³-hybridized carbons (Fsp3) is 0.500. The quantitative estimate of drug-likeness (QED) is 0.883. The Morgan fingerprint density at radius 3 is 2.71 bits per heavy atom. The van der Waals surface area contributed by atoms with Crippen LogP contribution in [0.4, 0.5) is 0 Å². The topological polar surface area (TPSA) is 54.2 Å². The van der Waals surface area contributed by atoms with Crippen molar-refractivity contribution in [3.05, 3.63) is 36.2 Å². The molecule has 112 valence electrons. The van der Waals surface area contributed by atoms with Crippen molar-refractivity contribution in [3.63, 3.8) is 0 Å². The molecule has 0 saturated carbocycles. The number of rotatable bonds is 6. The molecule has 2 heterocycles. The van der Waals surface area contributed by atoms with Crippen LogP contribution >= 0.6 is 0 Å². The first-order chi connectivity index (χ1) is 10.3. The molecular weight excluding hydrogens is 264 g/mol. The van der Waals surface area contributed by atoms with Gasteiger partial charge in [-0.3, -0.25) is 4.90 Å². The van der Waals surface area contributed by atoms with E-state index in [1.54, 1.807) is 0 Å². The summed E-state index contributed by atoms with van der Waals surface area (Å²) in [6.45, 7) is 6.28. The van der Waals surface area contributed by atoms with E-state index in [4.69, 9.17) is 4.42 Å². The highest BCUT2D eigenvalue weighted by Crippen LogP contribution is 2.16. The van der Waals surface area contributed by atoms with Crippen LogP contribution in [0, 0.1) is 0 Å². The molecule has 21 heavy (non-hydrogen) atoms. The van der Waals surface area contributed by atoms with Crippen molar-refractivity contribution in [3.8, 4) is 11.5 Å². The minimum Gasteiger partial charge on any atom is -0.419 e. The van der Waals surface area contributed by atoms with Gasteiger partial charge in [0.2, 0.25) is 11.8 Å². The molecule has 2 aromatic rings. The summed E-state index contributed by atoms with van der Waals surface area (Å²) in [7, 11) is 0. The number of nitrogens with one attached hydrogen (secondary N) is 1. The van der Waals surface area contributed by atoms with Gasteiger partial charge in [-0.1, -0.05) is 18.2 Å². The van der Waals surface area contributed by atoms with Crippen molar-refractivity contribution in [1.82, 2.24) is 20.4 Å². The zero-order valence-electron chi connectivity index (χ0n) is 12.5. The lowest BCUT2D eigenvalue weighted by Gasteiger charge is -2.23. The molecule has 1 aliphatic heterocycles. The van der Waals surface area contributed by atoms with Gasteiger partial charge in [0.05, 0.1) is 6.54 Å². The zero-order chi connectivity index (χ0) is 14.5. The van der Waals surface area contributed by atoms with Crippen molar-refractivity contribution in [2.24, 2.45) is 0 Å². The molecule has 3 rings (SSSR count).